The van der Waals surface area contributed by atoms with Gasteiger partial charge in [0.05, 0.1) is 10.6 Å². The van der Waals surface area contributed by atoms with E-state index in [1.54, 1.807) is 25.3 Å². The maximum absolute atomic E-state index is 13.9. The first-order chi connectivity index (χ1) is 22.6. The number of nitrogens with one attached hydrogen (secondary N) is 2. The molecule has 0 saturated heterocycles. The summed E-state index contributed by atoms with van der Waals surface area (Å²) in [4.78, 5) is 18.7. The number of nitrogens with zero attached hydrogens (tertiary/aromatic N) is 3. The zero-order chi connectivity index (χ0) is 33.2. The van der Waals surface area contributed by atoms with Gasteiger partial charge in [-0.3, -0.25) is 4.79 Å². The Hall–Kier alpha value is -4.97. The fourth-order valence-electron chi connectivity index (χ4n) is 5.82. The van der Waals surface area contributed by atoms with Crippen molar-refractivity contribution in [1.82, 2.24) is 20.5 Å². The van der Waals surface area contributed by atoms with Gasteiger partial charge in [-0.1, -0.05) is 32.0 Å². The van der Waals surface area contributed by atoms with Gasteiger partial charge in [0.1, 0.15) is 11.6 Å². The molecule has 0 bridgehead atoms. The number of allylic oxidation sites excluding steroid dienone is 3. The summed E-state index contributed by atoms with van der Waals surface area (Å²) in [5.74, 6) is -1.96. The number of rotatable bonds is 11. The second-order valence-corrected chi connectivity index (χ2v) is 13.0. The third kappa shape index (κ3) is 6.92. The van der Waals surface area contributed by atoms with Crippen molar-refractivity contribution in [2.24, 2.45) is 11.7 Å². The third-order valence-corrected chi connectivity index (χ3v) is 9.14. The van der Waals surface area contributed by atoms with E-state index in [1.165, 1.54) is 29.5 Å². The van der Waals surface area contributed by atoms with Gasteiger partial charge in [-0.15, -0.1) is 21.5 Å². The number of primary amides is 1. The van der Waals surface area contributed by atoms with Crippen molar-refractivity contribution in [3.63, 3.8) is 0 Å². The highest BCUT2D eigenvalue weighted by molar-refractivity contribution is 7.19. The van der Waals surface area contributed by atoms with Crippen LogP contribution < -0.4 is 16.4 Å². The van der Waals surface area contributed by atoms with E-state index in [2.05, 4.69) is 39.7 Å². The molecule has 12 heteroatoms. The second-order valence-electron chi connectivity index (χ2n) is 11.9. The average molecular weight is 659 g/mol. The zero-order valence-corrected chi connectivity index (χ0v) is 26.9. The minimum atomic E-state index is -0.923. The van der Waals surface area contributed by atoms with Crippen LogP contribution in [0.25, 0.3) is 15.7 Å². The molecule has 3 aromatic heterocycles. The van der Waals surface area contributed by atoms with Crippen molar-refractivity contribution in [2.75, 3.05) is 5.32 Å². The third-order valence-electron chi connectivity index (χ3n) is 7.92. The summed E-state index contributed by atoms with van der Waals surface area (Å²) in [6.07, 6.45) is 3.33. The number of aryl methyl sites for hydroxylation is 2. The van der Waals surface area contributed by atoms with E-state index in [0.717, 1.165) is 44.1 Å². The van der Waals surface area contributed by atoms with E-state index in [9.17, 15) is 18.0 Å². The lowest BCUT2D eigenvalue weighted by atomic mass is 9.81. The van der Waals surface area contributed by atoms with Gasteiger partial charge in [-0.05, 0) is 78.1 Å². The molecule has 0 spiro atoms. The van der Waals surface area contributed by atoms with Crippen molar-refractivity contribution in [1.29, 1.82) is 0 Å². The molecule has 242 valence electrons. The first-order valence-electron chi connectivity index (χ1n) is 15.2. The number of nitrogens with two attached hydrogens (primary N) is 1. The van der Waals surface area contributed by atoms with Crippen molar-refractivity contribution < 1.29 is 22.4 Å². The lowest BCUT2D eigenvalue weighted by Gasteiger charge is -2.32. The van der Waals surface area contributed by atoms with Gasteiger partial charge in [-0.2, -0.15) is 0 Å². The SMILES string of the molecule is Cc1nnc(C2=C(CCc3ccc(F)cc3)NC(CC(C)C)=C(C(N)=O)C2c2cc3ccnc(NCc4ccc(F)c(F)c4)c3s2)o1. The predicted molar refractivity (Wildman–Crippen MR) is 176 cm³/mol. The molecule has 0 fully saturated rings. The van der Waals surface area contributed by atoms with Crippen LogP contribution in [0.4, 0.5) is 19.0 Å². The van der Waals surface area contributed by atoms with Crippen LogP contribution in [-0.2, 0) is 17.8 Å². The van der Waals surface area contributed by atoms with Crippen molar-refractivity contribution in [3.8, 4) is 0 Å². The van der Waals surface area contributed by atoms with Gasteiger partial charge in [-0.25, -0.2) is 18.2 Å². The highest BCUT2D eigenvalue weighted by Crippen LogP contribution is 2.48. The summed E-state index contributed by atoms with van der Waals surface area (Å²) in [5.41, 5.74) is 10.2. The van der Waals surface area contributed by atoms with Gasteiger partial charge in [0, 0.05) is 47.1 Å². The average Bonchev–Trinajstić information content (AvgIpc) is 3.67. The van der Waals surface area contributed by atoms with Gasteiger partial charge in [0.2, 0.25) is 17.7 Å². The largest absolute Gasteiger partial charge is 0.421 e. The molecule has 0 radical (unpaired) electrons. The first kappa shape index (κ1) is 32.0. The van der Waals surface area contributed by atoms with Crippen molar-refractivity contribution >= 4 is 38.7 Å². The van der Waals surface area contributed by atoms with Gasteiger partial charge in [0.25, 0.3) is 0 Å². The molecule has 1 atom stereocenters. The maximum Gasteiger partial charge on any atom is 0.247 e. The minimum Gasteiger partial charge on any atom is -0.421 e. The van der Waals surface area contributed by atoms with Gasteiger partial charge >= 0.3 is 0 Å². The van der Waals surface area contributed by atoms with Crippen LogP contribution in [0.3, 0.4) is 0 Å². The smallest absolute Gasteiger partial charge is 0.247 e. The molecule has 0 aliphatic carbocycles. The Morgan fingerprint density at radius 1 is 1.00 bits per heavy atom. The van der Waals surface area contributed by atoms with Crippen LogP contribution in [0.1, 0.15) is 60.4 Å². The van der Waals surface area contributed by atoms with Crippen LogP contribution in [0.2, 0.25) is 0 Å². The number of halogens is 3. The van der Waals surface area contributed by atoms with E-state index in [-0.39, 0.29) is 24.2 Å². The lowest BCUT2D eigenvalue weighted by Crippen LogP contribution is -2.33. The lowest BCUT2D eigenvalue weighted by molar-refractivity contribution is -0.114. The van der Waals surface area contributed by atoms with Crippen LogP contribution in [0, 0.1) is 30.3 Å². The molecule has 6 rings (SSSR count). The summed E-state index contributed by atoms with van der Waals surface area (Å²) >= 11 is 1.44. The number of amides is 1. The molecular formula is C35H33F3N6O2S. The van der Waals surface area contributed by atoms with Crippen molar-refractivity contribution in [2.45, 2.75) is 52.5 Å². The molecule has 2 aromatic carbocycles. The quantitative estimate of drug-likeness (QED) is 0.134. The maximum atomic E-state index is 13.9. The molecular weight excluding hydrogens is 625 g/mol. The Labute approximate surface area is 273 Å². The second kappa shape index (κ2) is 13.4. The summed E-state index contributed by atoms with van der Waals surface area (Å²) in [5, 5.41) is 16.1. The Morgan fingerprint density at radius 2 is 1.77 bits per heavy atom. The van der Waals surface area contributed by atoms with Crippen LogP contribution in [0.15, 0.2) is 82.2 Å². The monoisotopic (exact) mass is 658 g/mol. The number of hydrogen-bond donors (Lipinski definition) is 3. The zero-order valence-electron chi connectivity index (χ0n) is 26.0. The molecule has 4 N–H and O–H groups in total. The summed E-state index contributed by atoms with van der Waals surface area (Å²) < 4.78 is 47.8. The van der Waals surface area contributed by atoms with Crippen molar-refractivity contribution in [3.05, 3.63) is 123 Å². The Bertz CT molecular complexity index is 2020. The van der Waals surface area contributed by atoms with E-state index in [4.69, 9.17) is 10.2 Å². The summed E-state index contributed by atoms with van der Waals surface area (Å²) in [6, 6.07) is 14.0. The number of fused-ring (bicyclic) bond motifs is 1. The number of thiophene rings is 1. The molecule has 1 aliphatic rings. The predicted octanol–water partition coefficient (Wildman–Crippen LogP) is 7.53. The Kier molecular flexibility index (Phi) is 9.12. The first-order valence-corrected chi connectivity index (χ1v) is 16.0. The Morgan fingerprint density at radius 3 is 2.45 bits per heavy atom. The molecule has 1 amide bonds. The molecule has 1 unspecified atom stereocenters. The number of aromatic nitrogens is 3. The standard InChI is InChI=1S/C35H33F3N6O2S/c1-18(2)14-27-29(33(39)45)31(30(35-44-43-19(3)46-35)26(42-27)11-7-20-4-8-23(36)9-5-20)28-16-22-12-13-40-34(32(22)47-28)41-17-21-6-10-24(37)25(38)15-21/h4-6,8-10,12-13,15-16,18,31,42H,7,11,14,17H2,1-3H3,(H2,39,45)(H,40,41). The van der Waals surface area contributed by atoms with Crippen LogP contribution in [0.5, 0.6) is 0 Å². The van der Waals surface area contributed by atoms with E-state index < -0.39 is 23.5 Å². The number of dihydropyridines is 1. The van der Waals surface area contributed by atoms with E-state index in [1.807, 2.05) is 12.1 Å². The summed E-state index contributed by atoms with van der Waals surface area (Å²) in [6.45, 7) is 6.05. The fourth-order valence-corrected chi connectivity index (χ4v) is 7.06. The number of carbonyl (C=O) groups excluding carboxylic acids is 1. The minimum absolute atomic E-state index is 0.205. The fraction of sp³-hybridized carbons (Fsp3) is 0.257. The molecule has 4 heterocycles. The summed E-state index contributed by atoms with van der Waals surface area (Å²) in [7, 11) is 0. The highest BCUT2D eigenvalue weighted by atomic mass is 32.1. The highest BCUT2D eigenvalue weighted by Gasteiger charge is 2.38. The molecule has 0 saturated carbocycles. The van der Waals surface area contributed by atoms with E-state index in [0.29, 0.717) is 47.7 Å². The van der Waals surface area contributed by atoms with Gasteiger partial charge < -0.3 is 20.8 Å². The van der Waals surface area contributed by atoms with E-state index >= 15 is 0 Å². The molecule has 1 aliphatic heterocycles. The number of carbonyl (C=O) groups is 1. The Balaban J connectivity index is 1.47. The topological polar surface area (TPSA) is 119 Å². The number of benzene rings is 2. The van der Waals surface area contributed by atoms with Gasteiger partial charge in [0.15, 0.2) is 11.6 Å². The normalized spacial score (nSPS) is 15.1. The molecule has 5 aromatic rings. The number of hydrogen-bond acceptors (Lipinski definition) is 8. The number of pyridine rings is 1. The molecule has 8 nitrogen and oxygen atoms in total. The van der Waals surface area contributed by atoms with Crippen LogP contribution in [-0.4, -0.2) is 21.1 Å². The van der Waals surface area contributed by atoms with Crippen LogP contribution >= 0.6 is 11.3 Å². The number of anilines is 1. The molecule has 47 heavy (non-hydrogen) atoms.